The molecule has 2 nitrogen and oxygen atoms in total. The molecule has 0 atom stereocenters. The number of fused-ring (bicyclic) bond motifs is 1. The third-order valence-electron chi connectivity index (χ3n) is 3.60. The van der Waals surface area contributed by atoms with E-state index in [0.717, 1.165) is 31.7 Å². The van der Waals surface area contributed by atoms with Crippen LogP contribution >= 0.6 is 15.9 Å². The number of aryl methyl sites for hydroxylation is 1. The molecule has 2 rings (SSSR count). The topological polar surface area (TPSA) is 21.3 Å². The van der Waals surface area contributed by atoms with Crippen molar-refractivity contribution < 1.29 is 4.74 Å². The molecule has 0 bridgehead atoms. The summed E-state index contributed by atoms with van der Waals surface area (Å²) in [5.41, 5.74) is 2.97. The second-order valence-electron chi connectivity index (χ2n) is 6.64. The van der Waals surface area contributed by atoms with E-state index in [2.05, 4.69) is 54.2 Å². The van der Waals surface area contributed by atoms with Gasteiger partial charge in [0.1, 0.15) is 5.75 Å². The molecular weight excluding hydrogens is 314 g/mol. The summed E-state index contributed by atoms with van der Waals surface area (Å²) in [6.07, 6.45) is 5.92. The fourth-order valence-electron chi connectivity index (χ4n) is 2.61. The van der Waals surface area contributed by atoms with Gasteiger partial charge in [0.25, 0.3) is 0 Å². The lowest BCUT2D eigenvalue weighted by atomic mass is 10.0. The first-order chi connectivity index (χ1) is 9.46. The molecule has 0 spiro atoms. The van der Waals surface area contributed by atoms with Crippen molar-refractivity contribution in [1.82, 2.24) is 5.32 Å². The van der Waals surface area contributed by atoms with Crippen molar-refractivity contribution in [3.63, 3.8) is 0 Å². The van der Waals surface area contributed by atoms with Crippen molar-refractivity contribution in [1.29, 1.82) is 0 Å². The zero-order valence-corrected chi connectivity index (χ0v) is 14.5. The summed E-state index contributed by atoms with van der Waals surface area (Å²) in [6.45, 7) is 8.60. The maximum absolute atomic E-state index is 5.77. The van der Waals surface area contributed by atoms with E-state index in [1.807, 2.05) is 0 Å². The minimum Gasteiger partial charge on any atom is -0.493 e. The molecule has 0 amide bonds. The highest BCUT2D eigenvalue weighted by atomic mass is 79.9. The van der Waals surface area contributed by atoms with Gasteiger partial charge >= 0.3 is 0 Å². The van der Waals surface area contributed by atoms with E-state index in [1.165, 1.54) is 34.9 Å². The predicted molar refractivity (Wildman–Crippen MR) is 88.7 cm³/mol. The fraction of sp³-hybridized carbons (Fsp3) is 0.647. The minimum absolute atomic E-state index is 0.235. The molecule has 0 saturated carbocycles. The number of hydrogen-bond donors (Lipinski definition) is 1. The van der Waals surface area contributed by atoms with Crippen LogP contribution in [0.4, 0.5) is 0 Å². The Kier molecular flexibility index (Phi) is 5.50. The number of ether oxygens (including phenoxy) is 1. The molecule has 1 N–H and O–H groups in total. The van der Waals surface area contributed by atoms with E-state index >= 15 is 0 Å². The molecule has 1 aliphatic heterocycles. The normalized spacial score (nSPS) is 14.2. The molecule has 1 aromatic carbocycles. The van der Waals surface area contributed by atoms with E-state index in [4.69, 9.17) is 4.74 Å². The molecule has 20 heavy (non-hydrogen) atoms. The van der Waals surface area contributed by atoms with Crippen molar-refractivity contribution in [2.24, 2.45) is 0 Å². The Morgan fingerprint density at radius 3 is 2.75 bits per heavy atom. The van der Waals surface area contributed by atoms with Crippen molar-refractivity contribution in [3.8, 4) is 5.75 Å². The first-order valence-electron chi connectivity index (χ1n) is 7.65. The third-order valence-corrected chi connectivity index (χ3v) is 4.06. The molecule has 1 aliphatic rings. The smallest absolute Gasteiger partial charge is 0.125 e. The highest BCUT2D eigenvalue weighted by Gasteiger charge is 2.17. The predicted octanol–water partition coefficient (Wildman–Crippen LogP) is 4.48. The number of nitrogens with one attached hydrogen (secondary N) is 1. The summed E-state index contributed by atoms with van der Waals surface area (Å²) < 4.78 is 6.96. The SMILES string of the molecule is CC(C)(C)NCCCCCc1cc(Br)cc2c1OCC2. The molecule has 1 aromatic rings. The lowest BCUT2D eigenvalue weighted by Crippen LogP contribution is -2.36. The lowest BCUT2D eigenvalue weighted by molar-refractivity contribution is 0.353. The molecule has 3 heteroatoms. The van der Waals surface area contributed by atoms with E-state index in [1.54, 1.807) is 0 Å². The maximum atomic E-state index is 5.77. The van der Waals surface area contributed by atoms with Gasteiger partial charge in [-0.1, -0.05) is 22.4 Å². The molecular formula is C17H26BrNO. The molecule has 0 aromatic heterocycles. The van der Waals surface area contributed by atoms with Gasteiger partial charge in [-0.15, -0.1) is 0 Å². The van der Waals surface area contributed by atoms with Crippen molar-refractivity contribution in [2.75, 3.05) is 13.2 Å². The monoisotopic (exact) mass is 339 g/mol. The van der Waals surface area contributed by atoms with Crippen LogP contribution < -0.4 is 10.1 Å². The molecule has 0 fully saturated rings. The number of benzene rings is 1. The van der Waals surface area contributed by atoms with Crippen LogP contribution in [0.25, 0.3) is 0 Å². The first-order valence-corrected chi connectivity index (χ1v) is 8.44. The summed E-state index contributed by atoms with van der Waals surface area (Å²) in [4.78, 5) is 0. The van der Waals surface area contributed by atoms with E-state index in [0.29, 0.717) is 0 Å². The Morgan fingerprint density at radius 2 is 2.00 bits per heavy atom. The van der Waals surface area contributed by atoms with Crippen LogP contribution in [0, 0.1) is 0 Å². The van der Waals surface area contributed by atoms with Crippen LogP contribution in [0.1, 0.15) is 51.2 Å². The molecule has 1 heterocycles. The number of halogens is 1. The van der Waals surface area contributed by atoms with Gasteiger partial charge in [-0.2, -0.15) is 0 Å². The molecule has 0 saturated heterocycles. The van der Waals surface area contributed by atoms with Crippen LogP contribution in [0.3, 0.4) is 0 Å². The highest BCUT2D eigenvalue weighted by molar-refractivity contribution is 9.10. The van der Waals surface area contributed by atoms with Crippen LogP contribution in [-0.4, -0.2) is 18.7 Å². The second-order valence-corrected chi connectivity index (χ2v) is 7.55. The van der Waals surface area contributed by atoms with Gasteiger partial charge in [0.2, 0.25) is 0 Å². The van der Waals surface area contributed by atoms with Crippen LogP contribution in [0.5, 0.6) is 5.75 Å². The maximum Gasteiger partial charge on any atom is 0.125 e. The number of hydrogen-bond acceptors (Lipinski definition) is 2. The fourth-order valence-corrected chi connectivity index (χ4v) is 3.16. The summed E-state index contributed by atoms with van der Waals surface area (Å²) in [5.74, 6) is 1.15. The molecule has 0 aliphatic carbocycles. The molecule has 0 radical (unpaired) electrons. The standard InChI is InChI=1S/C17H26BrNO/c1-17(2,3)19-9-6-4-5-7-13-11-15(18)12-14-8-10-20-16(13)14/h11-12,19H,4-10H2,1-3H3. The zero-order valence-electron chi connectivity index (χ0n) is 12.9. The van der Waals surface area contributed by atoms with Crippen molar-refractivity contribution in [3.05, 3.63) is 27.7 Å². The van der Waals surface area contributed by atoms with E-state index < -0.39 is 0 Å². The third kappa shape index (κ3) is 4.78. The van der Waals surface area contributed by atoms with Crippen LogP contribution in [0.2, 0.25) is 0 Å². The average Bonchev–Trinajstić information content (AvgIpc) is 2.79. The van der Waals surface area contributed by atoms with Crippen LogP contribution in [0.15, 0.2) is 16.6 Å². The van der Waals surface area contributed by atoms with Gasteiger partial charge in [-0.25, -0.2) is 0 Å². The van der Waals surface area contributed by atoms with Gasteiger partial charge in [0, 0.05) is 16.4 Å². The Morgan fingerprint density at radius 1 is 1.20 bits per heavy atom. The van der Waals surface area contributed by atoms with Crippen LogP contribution in [-0.2, 0) is 12.8 Å². The zero-order chi connectivity index (χ0) is 14.6. The van der Waals surface area contributed by atoms with Gasteiger partial charge < -0.3 is 10.1 Å². The Bertz CT molecular complexity index is 451. The van der Waals surface area contributed by atoms with E-state index in [9.17, 15) is 0 Å². The van der Waals surface area contributed by atoms with Gasteiger partial charge in [0.05, 0.1) is 6.61 Å². The highest BCUT2D eigenvalue weighted by Crippen LogP contribution is 2.33. The number of rotatable bonds is 6. The van der Waals surface area contributed by atoms with Gasteiger partial charge in [-0.05, 0) is 69.8 Å². The van der Waals surface area contributed by atoms with E-state index in [-0.39, 0.29) is 5.54 Å². The summed E-state index contributed by atoms with van der Waals surface area (Å²) in [6, 6.07) is 4.41. The summed E-state index contributed by atoms with van der Waals surface area (Å²) >= 11 is 3.61. The molecule has 112 valence electrons. The Labute approximate surface area is 131 Å². The largest absolute Gasteiger partial charge is 0.493 e. The van der Waals surface area contributed by atoms with Gasteiger partial charge in [0.15, 0.2) is 0 Å². The lowest BCUT2D eigenvalue weighted by Gasteiger charge is -2.20. The molecule has 0 unspecified atom stereocenters. The summed E-state index contributed by atoms with van der Waals surface area (Å²) in [5, 5.41) is 3.54. The second kappa shape index (κ2) is 6.95. The Hall–Kier alpha value is -0.540. The van der Waals surface area contributed by atoms with Crippen molar-refractivity contribution >= 4 is 15.9 Å². The van der Waals surface area contributed by atoms with Gasteiger partial charge in [-0.3, -0.25) is 0 Å². The average molecular weight is 340 g/mol. The Balaban J connectivity index is 1.75. The number of unbranched alkanes of at least 4 members (excludes halogenated alkanes) is 2. The minimum atomic E-state index is 0.235. The summed E-state index contributed by atoms with van der Waals surface area (Å²) in [7, 11) is 0. The quantitative estimate of drug-likeness (QED) is 0.771. The van der Waals surface area contributed by atoms with Crippen molar-refractivity contribution in [2.45, 2.75) is 58.4 Å². The first kappa shape index (κ1) is 15.8.